The van der Waals surface area contributed by atoms with E-state index in [1.54, 1.807) is 25.3 Å². The van der Waals surface area contributed by atoms with Gasteiger partial charge in [-0.25, -0.2) is 9.37 Å². The summed E-state index contributed by atoms with van der Waals surface area (Å²) in [5.41, 5.74) is 1.96. The number of amides is 1. The van der Waals surface area contributed by atoms with Crippen molar-refractivity contribution in [3.05, 3.63) is 71.7 Å². The zero-order valence-electron chi connectivity index (χ0n) is 25.0. The van der Waals surface area contributed by atoms with Gasteiger partial charge in [-0.3, -0.25) is 14.5 Å². The molecular weight excluding hydrogens is 553 g/mol. The van der Waals surface area contributed by atoms with Gasteiger partial charge < -0.3 is 23.9 Å². The highest BCUT2D eigenvalue weighted by atomic mass is 19.1. The van der Waals surface area contributed by atoms with Crippen LogP contribution in [0.25, 0.3) is 0 Å². The number of carbonyl (C=O) groups is 2. The Morgan fingerprint density at radius 3 is 2.56 bits per heavy atom. The van der Waals surface area contributed by atoms with Crippen molar-refractivity contribution >= 4 is 17.6 Å². The van der Waals surface area contributed by atoms with E-state index >= 15 is 0 Å². The predicted molar refractivity (Wildman–Crippen MR) is 159 cm³/mol. The summed E-state index contributed by atoms with van der Waals surface area (Å²) in [5, 5.41) is 10.5. The minimum Gasteiger partial charge on any atom is -0.481 e. The van der Waals surface area contributed by atoms with Crippen LogP contribution in [0.2, 0.25) is 0 Å². The zero-order chi connectivity index (χ0) is 30.5. The van der Waals surface area contributed by atoms with E-state index in [1.165, 1.54) is 12.3 Å². The summed E-state index contributed by atoms with van der Waals surface area (Å²) >= 11 is 0. The summed E-state index contributed by atoms with van der Waals surface area (Å²) in [6, 6.07) is 9.85. The fourth-order valence-electron chi connectivity index (χ4n) is 6.64. The molecule has 2 aliphatic rings. The van der Waals surface area contributed by atoms with E-state index in [0.717, 1.165) is 31.2 Å². The number of halogens is 1. The molecule has 5 rings (SSSR count). The number of hydrogen-bond donors (Lipinski definition) is 1. The number of aliphatic carboxylic acids is 1. The molecule has 1 fully saturated rings. The molecule has 0 unspecified atom stereocenters. The third-order valence-electron chi connectivity index (χ3n) is 8.63. The van der Waals surface area contributed by atoms with Crippen LogP contribution in [0, 0.1) is 18.7 Å². The highest BCUT2D eigenvalue weighted by Gasteiger charge is 2.47. The maximum absolute atomic E-state index is 14.3. The van der Waals surface area contributed by atoms with Gasteiger partial charge in [0.05, 0.1) is 18.7 Å². The number of oxazole rings is 1. The second kappa shape index (κ2) is 13.6. The summed E-state index contributed by atoms with van der Waals surface area (Å²) in [6.07, 6.45) is 7.36. The third-order valence-corrected chi connectivity index (χ3v) is 8.63. The minimum absolute atomic E-state index is 0.0292. The van der Waals surface area contributed by atoms with Gasteiger partial charge in [0.15, 0.2) is 17.4 Å². The number of aryl methyl sites for hydroxylation is 2. The SMILES string of the molecule is CCCC(CCC)N(C(=O)CN1C[C@H](c2ccc3c(c2)OCO3)[C@@H](C(=O)O)[C@@H]1CCc1ncco1)c1ccc(F)c(C)c1. The summed E-state index contributed by atoms with van der Waals surface area (Å²) in [4.78, 5) is 35.2. The Morgan fingerprint density at radius 1 is 1.12 bits per heavy atom. The lowest BCUT2D eigenvalue weighted by atomic mass is 9.83. The van der Waals surface area contributed by atoms with Crippen LogP contribution in [0.4, 0.5) is 10.1 Å². The van der Waals surface area contributed by atoms with Crippen molar-refractivity contribution in [3.63, 3.8) is 0 Å². The topological polar surface area (TPSA) is 105 Å². The number of rotatable bonds is 13. The molecule has 1 N–H and O–H groups in total. The largest absolute Gasteiger partial charge is 0.481 e. The molecule has 2 aromatic carbocycles. The Labute approximate surface area is 251 Å². The number of likely N-dealkylation sites (tertiary alicyclic amines) is 1. The van der Waals surface area contributed by atoms with E-state index in [-0.39, 0.29) is 37.0 Å². The Hall–Kier alpha value is -3.92. The van der Waals surface area contributed by atoms with Crippen molar-refractivity contribution in [3.8, 4) is 11.5 Å². The average molecular weight is 594 g/mol. The first-order valence-electron chi connectivity index (χ1n) is 15.1. The number of benzene rings is 2. The van der Waals surface area contributed by atoms with Crippen molar-refractivity contribution in [2.45, 2.75) is 77.3 Å². The van der Waals surface area contributed by atoms with Gasteiger partial charge in [0, 0.05) is 36.7 Å². The molecule has 0 bridgehead atoms. The molecule has 43 heavy (non-hydrogen) atoms. The fourth-order valence-corrected chi connectivity index (χ4v) is 6.64. The molecule has 1 amide bonds. The van der Waals surface area contributed by atoms with Gasteiger partial charge in [0.25, 0.3) is 0 Å². The van der Waals surface area contributed by atoms with Crippen molar-refractivity contribution in [1.82, 2.24) is 9.88 Å². The highest BCUT2D eigenvalue weighted by Crippen LogP contribution is 2.43. The molecule has 0 radical (unpaired) electrons. The summed E-state index contributed by atoms with van der Waals surface area (Å²) in [7, 11) is 0. The second-order valence-corrected chi connectivity index (χ2v) is 11.5. The quantitative estimate of drug-likeness (QED) is 0.259. The first-order chi connectivity index (χ1) is 20.8. The molecule has 3 aromatic rings. The normalized spacial score (nSPS) is 19.7. The number of carboxylic acid groups (broad SMARTS) is 1. The third kappa shape index (κ3) is 6.69. The van der Waals surface area contributed by atoms with Gasteiger partial charge in [0.2, 0.25) is 12.7 Å². The predicted octanol–water partition coefficient (Wildman–Crippen LogP) is 5.95. The van der Waals surface area contributed by atoms with Gasteiger partial charge in [-0.2, -0.15) is 0 Å². The van der Waals surface area contributed by atoms with E-state index in [4.69, 9.17) is 13.9 Å². The average Bonchev–Trinajstić information content (AvgIpc) is 3.74. The van der Waals surface area contributed by atoms with Crippen LogP contribution in [0.15, 0.2) is 53.3 Å². The van der Waals surface area contributed by atoms with Gasteiger partial charge in [-0.05, 0) is 67.6 Å². The van der Waals surface area contributed by atoms with Crippen LogP contribution >= 0.6 is 0 Å². The fraction of sp³-hybridized carbons (Fsp3) is 0.485. The summed E-state index contributed by atoms with van der Waals surface area (Å²) in [6.45, 7) is 6.41. The molecule has 230 valence electrons. The summed E-state index contributed by atoms with van der Waals surface area (Å²) in [5.74, 6) is -0.774. The number of carboxylic acids is 1. The number of anilines is 1. The second-order valence-electron chi connectivity index (χ2n) is 11.5. The van der Waals surface area contributed by atoms with Gasteiger partial charge >= 0.3 is 5.97 Å². The molecular formula is C33H40FN3O6. The van der Waals surface area contributed by atoms with Crippen molar-refractivity contribution in [1.29, 1.82) is 0 Å². The highest BCUT2D eigenvalue weighted by molar-refractivity contribution is 5.95. The number of hydrogen-bond acceptors (Lipinski definition) is 7. The van der Waals surface area contributed by atoms with Gasteiger partial charge in [-0.15, -0.1) is 0 Å². The molecule has 9 nitrogen and oxygen atoms in total. The number of ether oxygens (including phenoxy) is 2. The number of aromatic nitrogens is 1. The number of fused-ring (bicyclic) bond motifs is 1. The molecule has 0 saturated carbocycles. The van der Waals surface area contributed by atoms with E-state index in [0.29, 0.717) is 48.0 Å². The monoisotopic (exact) mass is 593 g/mol. The first kappa shape index (κ1) is 30.5. The number of carbonyl (C=O) groups excluding carboxylic acids is 1. The van der Waals surface area contributed by atoms with Crippen molar-refractivity contribution in [2.75, 3.05) is 24.8 Å². The Balaban J connectivity index is 1.48. The minimum atomic E-state index is -0.920. The van der Waals surface area contributed by atoms with Crippen LogP contribution in [-0.4, -0.2) is 58.8 Å². The molecule has 10 heteroatoms. The van der Waals surface area contributed by atoms with Crippen LogP contribution in [0.3, 0.4) is 0 Å². The Morgan fingerprint density at radius 2 is 1.88 bits per heavy atom. The maximum atomic E-state index is 14.3. The van der Waals surface area contributed by atoms with Gasteiger partial charge in [0.1, 0.15) is 12.1 Å². The first-order valence-corrected chi connectivity index (χ1v) is 15.1. The van der Waals surface area contributed by atoms with Crippen LogP contribution < -0.4 is 14.4 Å². The van der Waals surface area contributed by atoms with Crippen LogP contribution in [0.1, 0.15) is 68.9 Å². The standard InChI is InChI=1S/C33H40FN3O6/c1-4-6-23(7-5-2)37(24-9-10-26(34)21(3)16-24)31(38)19-36-18-25(22-8-12-28-29(17-22)43-20-42-28)32(33(39)40)27(36)11-13-30-35-14-15-41-30/h8-10,12,14-17,23,25,27,32H,4-7,11,13,18-20H2,1-3H3,(H,39,40)/t25-,27+,32-/m1/s1. The van der Waals surface area contributed by atoms with E-state index < -0.39 is 17.9 Å². The van der Waals surface area contributed by atoms with Crippen LogP contribution in [-0.2, 0) is 16.0 Å². The Kier molecular flexibility index (Phi) is 9.65. The molecule has 0 aliphatic carbocycles. The molecule has 1 aromatic heterocycles. The molecule has 2 aliphatic heterocycles. The van der Waals surface area contributed by atoms with E-state index in [1.807, 2.05) is 28.0 Å². The lowest BCUT2D eigenvalue weighted by Gasteiger charge is -2.35. The zero-order valence-corrected chi connectivity index (χ0v) is 25.0. The molecule has 1 saturated heterocycles. The lowest BCUT2D eigenvalue weighted by molar-refractivity contribution is -0.143. The van der Waals surface area contributed by atoms with Gasteiger partial charge in [-0.1, -0.05) is 32.8 Å². The molecule has 0 spiro atoms. The van der Waals surface area contributed by atoms with Crippen molar-refractivity contribution in [2.24, 2.45) is 5.92 Å². The molecule has 3 atom stereocenters. The Bertz CT molecular complexity index is 1410. The summed E-state index contributed by atoms with van der Waals surface area (Å²) < 4.78 is 30.8. The number of nitrogens with zero attached hydrogens (tertiary/aromatic N) is 3. The van der Waals surface area contributed by atoms with Crippen LogP contribution in [0.5, 0.6) is 11.5 Å². The maximum Gasteiger partial charge on any atom is 0.308 e. The molecule has 3 heterocycles. The smallest absolute Gasteiger partial charge is 0.308 e. The van der Waals surface area contributed by atoms with E-state index in [2.05, 4.69) is 18.8 Å². The van der Waals surface area contributed by atoms with E-state index in [9.17, 15) is 19.1 Å². The lowest BCUT2D eigenvalue weighted by Crippen LogP contribution is -2.48. The van der Waals surface area contributed by atoms with Crippen molar-refractivity contribution < 1.29 is 33.0 Å².